The average molecular weight is 395 g/mol. The topological polar surface area (TPSA) is 96.5 Å². The molecule has 0 atom stereocenters. The van der Waals surface area contributed by atoms with Crippen LogP contribution in [0.15, 0.2) is 36.4 Å². The summed E-state index contributed by atoms with van der Waals surface area (Å²) >= 11 is 0. The molecule has 7 nitrogen and oxygen atoms in total. The molecule has 2 aromatic carbocycles. The van der Waals surface area contributed by atoms with Crippen LogP contribution in [0.1, 0.15) is 17.3 Å². The third-order valence-corrected chi connectivity index (χ3v) is 3.37. The number of carbonyl (C=O) groups excluding carboxylic acids is 3. The molecule has 10 heteroatoms. The largest absolute Gasteiger partial charge is 0.450 e. The van der Waals surface area contributed by atoms with Crippen molar-refractivity contribution >= 4 is 29.3 Å². The van der Waals surface area contributed by atoms with Crippen LogP contribution >= 0.6 is 0 Å². The van der Waals surface area contributed by atoms with Crippen LogP contribution < -0.4 is 16.0 Å². The van der Waals surface area contributed by atoms with Crippen LogP contribution in [-0.2, 0) is 9.53 Å². The molecule has 3 amide bonds. The highest BCUT2D eigenvalue weighted by Crippen LogP contribution is 2.19. The van der Waals surface area contributed by atoms with E-state index in [1.165, 1.54) is 24.3 Å². The Labute approximate surface area is 157 Å². The van der Waals surface area contributed by atoms with Gasteiger partial charge in [0.2, 0.25) is 5.91 Å². The highest BCUT2D eigenvalue weighted by Gasteiger charge is 2.16. The lowest BCUT2D eigenvalue weighted by molar-refractivity contribution is -0.115. The predicted octanol–water partition coefficient (Wildman–Crippen LogP) is 3.04. The minimum atomic E-state index is -1.72. The molecule has 3 N–H and O–H groups in total. The number of carbonyl (C=O) groups is 3. The number of nitrogens with one attached hydrogen (secondary N) is 3. The van der Waals surface area contributed by atoms with E-state index in [4.69, 9.17) is 4.74 Å². The molecule has 0 aliphatic rings. The van der Waals surface area contributed by atoms with Crippen molar-refractivity contribution in [3.63, 3.8) is 0 Å². The SMILES string of the molecule is CCOC(=O)Nc1cccc(C(=O)NCC(=O)Nc2ccc(F)c(F)c2F)c1. The van der Waals surface area contributed by atoms with Gasteiger partial charge >= 0.3 is 6.09 Å². The molecule has 2 rings (SSSR count). The van der Waals surface area contributed by atoms with Gasteiger partial charge in [0.15, 0.2) is 17.5 Å². The number of amides is 3. The van der Waals surface area contributed by atoms with Gasteiger partial charge in [0.05, 0.1) is 18.8 Å². The van der Waals surface area contributed by atoms with Gasteiger partial charge in [-0.3, -0.25) is 14.9 Å². The maximum Gasteiger partial charge on any atom is 0.411 e. The molecule has 148 valence electrons. The lowest BCUT2D eigenvalue weighted by Crippen LogP contribution is -2.33. The zero-order valence-electron chi connectivity index (χ0n) is 14.6. The number of ether oxygens (including phenoxy) is 1. The van der Waals surface area contributed by atoms with Gasteiger partial charge in [0.25, 0.3) is 5.91 Å². The Morgan fingerprint density at radius 3 is 2.46 bits per heavy atom. The Kier molecular flexibility index (Phi) is 6.96. The van der Waals surface area contributed by atoms with Crippen molar-refractivity contribution < 1.29 is 32.3 Å². The van der Waals surface area contributed by atoms with Crippen LogP contribution in [-0.4, -0.2) is 31.1 Å². The smallest absolute Gasteiger partial charge is 0.411 e. The summed E-state index contributed by atoms with van der Waals surface area (Å²) in [4.78, 5) is 35.3. The number of hydrogen-bond donors (Lipinski definition) is 3. The van der Waals surface area contributed by atoms with E-state index in [9.17, 15) is 27.6 Å². The van der Waals surface area contributed by atoms with Crippen molar-refractivity contribution in [3.05, 3.63) is 59.4 Å². The molecule has 0 saturated heterocycles. The molecular formula is C18H16F3N3O4. The molecule has 0 bridgehead atoms. The third-order valence-electron chi connectivity index (χ3n) is 3.37. The fourth-order valence-corrected chi connectivity index (χ4v) is 2.10. The van der Waals surface area contributed by atoms with Gasteiger partial charge in [-0.05, 0) is 37.3 Å². The molecule has 0 fully saturated rings. The Hall–Kier alpha value is -3.56. The molecule has 0 unspecified atom stereocenters. The first-order valence-corrected chi connectivity index (χ1v) is 8.07. The molecule has 0 aliphatic carbocycles. The van der Waals surface area contributed by atoms with Gasteiger partial charge < -0.3 is 15.4 Å². The normalized spacial score (nSPS) is 10.1. The standard InChI is InChI=1S/C18H16F3N3O4/c1-2-28-18(27)23-11-5-3-4-10(8-11)17(26)22-9-14(25)24-13-7-6-12(19)15(20)16(13)21/h3-8H,2,9H2,1H3,(H,22,26)(H,23,27)(H,24,25). The summed E-state index contributed by atoms with van der Waals surface area (Å²) in [5.74, 6) is -6.14. The van der Waals surface area contributed by atoms with Crippen molar-refractivity contribution in [2.45, 2.75) is 6.92 Å². The lowest BCUT2D eigenvalue weighted by Gasteiger charge is -2.09. The summed E-state index contributed by atoms with van der Waals surface area (Å²) in [5.41, 5.74) is -0.112. The highest BCUT2D eigenvalue weighted by atomic mass is 19.2. The zero-order valence-corrected chi connectivity index (χ0v) is 14.6. The van der Waals surface area contributed by atoms with Crippen LogP contribution in [0.4, 0.5) is 29.3 Å². The maximum atomic E-state index is 13.5. The number of rotatable bonds is 6. The highest BCUT2D eigenvalue weighted by molar-refractivity contribution is 6.00. The van der Waals surface area contributed by atoms with Gasteiger partial charge in [-0.2, -0.15) is 0 Å². The van der Waals surface area contributed by atoms with Crippen LogP contribution in [0, 0.1) is 17.5 Å². The third kappa shape index (κ3) is 5.47. The van der Waals surface area contributed by atoms with E-state index in [2.05, 4.69) is 10.6 Å². The first-order valence-electron chi connectivity index (χ1n) is 8.07. The molecule has 0 heterocycles. The number of hydrogen-bond acceptors (Lipinski definition) is 4. The summed E-state index contributed by atoms with van der Waals surface area (Å²) in [5, 5.41) is 6.74. The first kappa shape index (κ1) is 20.7. The van der Waals surface area contributed by atoms with Gasteiger partial charge in [0, 0.05) is 11.3 Å². The van der Waals surface area contributed by atoms with Gasteiger partial charge in [-0.25, -0.2) is 18.0 Å². The quantitative estimate of drug-likeness (QED) is 0.655. The van der Waals surface area contributed by atoms with Crippen LogP contribution in [0.2, 0.25) is 0 Å². The van der Waals surface area contributed by atoms with E-state index in [0.29, 0.717) is 11.8 Å². The zero-order chi connectivity index (χ0) is 20.7. The summed E-state index contributed by atoms with van der Waals surface area (Å²) in [6, 6.07) is 7.36. The van der Waals surface area contributed by atoms with E-state index >= 15 is 0 Å². The van der Waals surface area contributed by atoms with E-state index in [0.717, 1.165) is 6.07 Å². The maximum absolute atomic E-state index is 13.5. The van der Waals surface area contributed by atoms with Crippen LogP contribution in [0.3, 0.4) is 0 Å². The lowest BCUT2D eigenvalue weighted by atomic mass is 10.2. The minimum absolute atomic E-state index is 0.140. The number of benzene rings is 2. The molecule has 0 saturated carbocycles. The second-order valence-corrected chi connectivity index (χ2v) is 5.38. The second kappa shape index (κ2) is 9.40. The Balaban J connectivity index is 1.94. The number of halogens is 3. The molecule has 0 aromatic heterocycles. The Bertz CT molecular complexity index is 906. The average Bonchev–Trinajstić information content (AvgIpc) is 2.67. The van der Waals surface area contributed by atoms with Gasteiger partial charge in [-0.1, -0.05) is 6.07 Å². The van der Waals surface area contributed by atoms with Gasteiger partial charge in [0.1, 0.15) is 0 Å². The van der Waals surface area contributed by atoms with E-state index < -0.39 is 47.6 Å². The summed E-state index contributed by atoms with van der Waals surface area (Å²) in [6.07, 6.45) is -0.687. The Morgan fingerprint density at radius 2 is 1.75 bits per heavy atom. The van der Waals surface area contributed by atoms with Crippen molar-refractivity contribution in [1.29, 1.82) is 0 Å². The summed E-state index contributed by atoms with van der Waals surface area (Å²) in [6.45, 7) is 1.27. The first-order chi connectivity index (χ1) is 13.3. The predicted molar refractivity (Wildman–Crippen MR) is 94.4 cm³/mol. The fraction of sp³-hybridized carbons (Fsp3) is 0.167. The molecule has 0 aliphatic heterocycles. The van der Waals surface area contributed by atoms with Crippen LogP contribution in [0.25, 0.3) is 0 Å². The summed E-state index contributed by atoms with van der Waals surface area (Å²) < 4.78 is 44.3. The molecular weight excluding hydrogens is 379 g/mol. The van der Waals surface area contributed by atoms with Crippen molar-refractivity contribution in [2.75, 3.05) is 23.8 Å². The fourth-order valence-electron chi connectivity index (χ4n) is 2.10. The van der Waals surface area contributed by atoms with Crippen LogP contribution in [0.5, 0.6) is 0 Å². The minimum Gasteiger partial charge on any atom is -0.450 e. The number of anilines is 2. The second-order valence-electron chi connectivity index (χ2n) is 5.38. The van der Waals surface area contributed by atoms with Gasteiger partial charge in [-0.15, -0.1) is 0 Å². The molecule has 0 spiro atoms. The van der Waals surface area contributed by atoms with E-state index in [1.807, 2.05) is 5.32 Å². The van der Waals surface area contributed by atoms with Crippen molar-refractivity contribution in [3.8, 4) is 0 Å². The van der Waals surface area contributed by atoms with E-state index in [1.54, 1.807) is 6.92 Å². The Morgan fingerprint density at radius 1 is 1.00 bits per heavy atom. The van der Waals surface area contributed by atoms with Crippen molar-refractivity contribution in [1.82, 2.24) is 5.32 Å². The molecule has 28 heavy (non-hydrogen) atoms. The summed E-state index contributed by atoms with van der Waals surface area (Å²) in [7, 11) is 0. The van der Waals surface area contributed by atoms with E-state index in [-0.39, 0.29) is 12.2 Å². The monoisotopic (exact) mass is 395 g/mol. The molecule has 2 aromatic rings. The van der Waals surface area contributed by atoms with Crippen molar-refractivity contribution in [2.24, 2.45) is 0 Å². The molecule has 0 radical (unpaired) electrons.